The van der Waals surface area contributed by atoms with Crippen molar-refractivity contribution in [2.45, 2.75) is 0 Å². The minimum Gasteiger partial charge on any atom is -0.320 e. The van der Waals surface area contributed by atoms with Crippen molar-refractivity contribution in [3.05, 3.63) is 53.4 Å². The van der Waals surface area contributed by atoms with Crippen LogP contribution in [0.4, 0.5) is 5.69 Å². The van der Waals surface area contributed by atoms with Crippen molar-refractivity contribution in [1.29, 1.82) is 0 Å². The molecule has 1 aromatic carbocycles. The van der Waals surface area contributed by atoms with Crippen LogP contribution >= 0.6 is 11.6 Å². The van der Waals surface area contributed by atoms with Gasteiger partial charge < -0.3 is 5.32 Å². The lowest BCUT2D eigenvalue weighted by Crippen LogP contribution is -2.12. The van der Waals surface area contributed by atoms with Gasteiger partial charge in [0.25, 0.3) is 5.91 Å². The first kappa shape index (κ1) is 11.7. The van der Waals surface area contributed by atoms with Gasteiger partial charge in [-0.2, -0.15) is 5.10 Å². The first-order valence-corrected chi connectivity index (χ1v) is 5.97. The third-order valence-electron chi connectivity index (χ3n) is 2.70. The van der Waals surface area contributed by atoms with Crippen molar-refractivity contribution < 1.29 is 4.79 Å². The average molecular weight is 273 g/mol. The van der Waals surface area contributed by atoms with Gasteiger partial charge in [0.1, 0.15) is 5.69 Å². The highest BCUT2D eigenvalue weighted by Crippen LogP contribution is 2.24. The predicted octanol–water partition coefficient (Wildman–Crippen LogP) is 2.86. The number of rotatable bonds is 2. The van der Waals surface area contributed by atoms with Crippen LogP contribution in [-0.2, 0) is 0 Å². The predicted molar refractivity (Wildman–Crippen MR) is 73.3 cm³/mol. The fourth-order valence-electron chi connectivity index (χ4n) is 1.80. The van der Waals surface area contributed by atoms with Crippen LogP contribution in [0.3, 0.4) is 0 Å². The van der Waals surface area contributed by atoms with Gasteiger partial charge in [0, 0.05) is 22.8 Å². The molecule has 0 bridgehead atoms. The zero-order chi connectivity index (χ0) is 13.2. The van der Waals surface area contributed by atoms with Crippen LogP contribution in [0.5, 0.6) is 0 Å². The number of hydrogen-bond acceptors (Lipinski definition) is 3. The number of aromatic amines is 1. The molecule has 19 heavy (non-hydrogen) atoms. The van der Waals surface area contributed by atoms with Gasteiger partial charge in [-0.25, -0.2) is 0 Å². The normalized spacial score (nSPS) is 10.6. The molecule has 6 heteroatoms. The maximum atomic E-state index is 12.0. The molecule has 0 aliphatic heterocycles. The first-order chi connectivity index (χ1) is 9.24. The Bertz CT molecular complexity index is 739. The molecule has 0 saturated carbocycles. The largest absolute Gasteiger partial charge is 0.320 e. The van der Waals surface area contributed by atoms with Gasteiger partial charge in [-0.15, -0.1) is 0 Å². The average Bonchev–Trinajstić information content (AvgIpc) is 2.92. The van der Waals surface area contributed by atoms with Crippen LogP contribution in [0.2, 0.25) is 5.02 Å². The second kappa shape index (κ2) is 4.70. The Morgan fingerprint density at radius 1 is 1.21 bits per heavy atom. The van der Waals surface area contributed by atoms with Crippen LogP contribution in [0.15, 0.2) is 42.7 Å². The summed E-state index contributed by atoms with van der Waals surface area (Å²) in [7, 11) is 0. The van der Waals surface area contributed by atoms with E-state index in [2.05, 4.69) is 20.5 Å². The lowest BCUT2D eigenvalue weighted by molar-refractivity contribution is 0.102. The van der Waals surface area contributed by atoms with Crippen molar-refractivity contribution in [2.24, 2.45) is 0 Å². The smallest absolute Gasteiger partial charge is 0.273 e. The summed E-state index contributed by atoms with van der Waals surface area (Å²) in [6, 6.07) is 8.69. The summed E-state index contributed by atoms with van der Waals surface area (Å²) < 4.78 is 0. The molecule has 1 amide bonds. The summed E-state index contributed by atoms with van der Waals surface area (Å²) in [6.45, 7) is 0. The number of nitrogens with one attached hydrogen (secondary N) is 2. The van der Waals surface area contributed by atoms with Crippen LogP contribution in [0.1, 0.15) is 10.5 Å². The summed E-state index contributed by atoms with van der Waals surface area (Å²) in [5.74, 6) is -0.250. The molecular formula is C13H9ClN4O. The number of hydrogen-bond donors (Lipinski definition) is 2. The zero-order valence-electron chi connectivity index (χ0n) is 9.72. The van der Waals surface area contributed by atoms with Crippen molar-refractivity contribution in [3.8, 4) is 0 Å². The Labute approximate surface area is 113 Å². The lowest BCUT2D eigenvalue weighted by Gasteiger charge is -2.07. The van der Waals surface area contributed by atoms with Gasteiger partial charge in [0.2, 0.25) is 0 Å². The highest BCUT2D eigenvalue weighted by atomic mass is 35.5. The molecule has 3 aromatic rings. The number of aromatic nitrogens is 3. The van der Waals surface area contributed by atoms with E-state index in [4.69, 9.17) is 11.6 Å². The molecule has 0 radical (unpaired) electrons. The molecule has 2 heterocycles. The second-order valence-electron chi connectivity index (χ2n) is 3.94. The number of fused-ring (bicyclic) bond motifs is 1. The fraction of sp³-hybridized carbons (Fsp3) is 0. The minimum absolute atomic E-state index is 0.250. The van der Waals surface area contributed by atoms with E-state index in [1.54, 1.807) is 30.5 Å². The van der Waals surface area contributed by atoms with E-state index >= 15 is 0 Å². The Morgan fingerprint density at radius 2 is 2.11 bits per heavy atom. The molecule has 0 fully saturated rings. The molecule has 0 saturated heterocycles. The number of amides is 1. The molecule has 2 aromatic heterocycles. The molecule has 0 aliphatic rings. The Morgan fingerprint density at radius 3 is 2.89 bits per heavy atom. The molecule has 0 atom stereocenters. The van der Waals surface area contributed by atoms with Gasteiger partial charge in [-0.3, -0.25) is 14.9 Å². The van der Waals surface area contributed by atoms with Crippen LogP contribution in [-0.4, -0.2) is 21.1 Å². The maximum absolute atomic E-state index is 12.0. The fourth-order valence-corrected chi connectivity index (χ4v) is 1.97. The van der Waals surface area contributed by atoms with Crippen molar-refractivity contribution in [3.63, 3.8) is 0 Å². The number of halogens is 1. The minimum atomic E-state index is -0.250. The Hall–Kier alpha value is -2.40. The molecular weight excluding hydrogens is 264 g/mol. The number of anilines is 1. The second-order valence-corrected chi connectivity index (χ2v) is 4.38. The van der Waals surface area contributed by atoms with Gasteiger partial charge in [-0.05, 0) is 30.3 Å². The molecule has 0 spiro atoms. The molecule has 2 N–H and O–H groups in total. The number of carbonyl (C=O) groups excluding carboxylic acids is 1. The lowest BCUT2D eigenvalue weighted by atomic mass is 10.2. The van der Waals surface area contributed by atoms with E-state index in [1.807, 2.05) is 6.07 Å². The molecule has 0 unspecified atom stereocenters. The number of benzene rings is 1. The van der Waals surface area contributed by atoms with Crippen LogP contribution in [0, 0.1) is 0 Å². The van der Waals surface area contributed by atoms with Crippen LogP contribution in [0.25, 0.3) is 10.9 Å². The summed E-state index contributed by atoms with van der Waals surface area (Å²) in [5.41, 5.74) is 1.81. The van der Waals surface area contributed by atoms with E-state index < -0.39 is 0 Å². The summed E-state index contributed by atoms with van der Waals surface area (Å²) in [5, 5.41) is 10.6. The van der Waals surface area contributed by atoms with E-state index in [0.29, 0.717) is 16.4 Å². The first-order valence-electron chi connectivity index (χ1n) is 5.59. The van der Waals surface area contributed by atoms with Crippen molar-refractivity contribution in [2.75, 3.05) is 5.32 Å². The van der Waals surface area contributed by atoms with Gasteiger partial charge >= 0.3 is 0 Å². The SMILES string of the molecule is O=C(Nc1ccnc2cc(Cl)ccc12)c1ccn[nH]1. The third-order valence-corrected chi connectivity index (χ3v) is 2.93. The number of nitrogens with zero attached hydrogens (tertiary/aromatic N) is 2. The van der Waals surface area contributed by atoms with Crippen molar-refractivity contribution >= 4 is 34.1 Å². The third kappa shape index (κ3) is 2.28. The summed E-state index contributed by atoms with van der Waals surface area (Å²) >= 11 is 5.92. The molecule has 5 nitrogen and oxygen atoms in total. The van der Waals surface area contributed by atoms with Crippen molar-refractivity contribution in [1.82, 2.24) is 15.2 Å². The molecule has 0 aliphatic carbocycles. The van der Waals surface area contributed by atoms with E-state index in [9.17, 15) is 4.79 Å². The summed E-state index contributed by atoms with van der Waals surface area (Å²) in [6.07, 6.45) is 3.15. The Kier molecular flexibility index (Phi) is 2.89. The monoisotopic (exact) mass is 272 g/mol. The molecule has 3 rings (SSSR count). The van der Waals surface area contributed by atoms with Crippen LogP contribution < -0.4 is 5.32 Å². The zero-order valence-corrected chi connectivity index (χ0v) is 10.5. The molecule has 94 valence electrons. The van der Waals surface area contributed by atoms with E-state index in [-0.39, 0.29) is 5.91 Å². The number of H-pyrrole nitrogens is 1. The van der Waals surface area contributed by atoms with E-state index in [1.165, 1.54) is 6.20 Å². The number of carbonyl (C=O) groups is 1. The quantitative estimate of drug-likeness (QED) is 0.753. The number of pyridine rings is 1. The topological polar surface area (TPSA) is 70.7 Å². The summed E-state index contributed by atoms with van der Waals surface area (Å²) in [4.78, 5) is 16.2. The maximum Gasteiger partial charge on any atom is 0.273 e. The van der Waals surface area contributed by atoms with Gasteiger partial charge in [0.15, 0.2) is 0 Å². The van der Waals surface area contributed by atoms with Gasteiger partial charge in [-0.1, -0.05) is 11.6 Å². The highest BCUT2D eigenvalue weighted by molar-refractivity contribution is 6.31. The van der Waals surface area contributed by atoms with Gasteiger partial charge in [0.05, 0.1) is 11.2 Å². The standard InChI is InChI=1S/C13H9ClN4O/c14-8-1-2-9-10(3-5-15-12(9)7-8)17-13(19)11-4-6-16-18-11/h1-7H,(H,16,18)(H,15,17,19). The highest BCUT2D eigenvalue weighted by Gasteiger charge is 2.09. The Balaban J connectivity index is 1.99. The van der Waals surface area contributed by atoms with E-state index in [0.717, 1.165) is 10.9 Å².